The van der Waals surface area contributed by atoms with Crippen LogP contribution in [-0.2, 0) is 11.3 Å². The Bertz CT molecular complexity index is 802. The van der Waals surface area contributed by atoms with Crippen molar-refractivity contribution in [2.45, 2.75) is 13.5 Å². The number of hydrogen-bond donors (Lipinski definition) is 0. The highest BCUT2D eigenvalue weighted by Gasteiger charge is 2.28. The monoisotopic (exact) mass is 357 g/mol. The largest absolute Gasteiger partial charge is 0.285 e. The van der Waals surface area contributed by atoms with Gasteiger partial charge in [0.25, 0.3) is 0 Å². The number of hydrogen-bond acceptors (Lipinski definition) is 4. The van der Waals surface area contributed by atoms with Crippen LogP contribution in [0.1, 0.15) is 16.7 Å². The highest BCUT2D eigenvalue weighted by molar-refractivity contribution is 8.15. The summed E-state index contributed by atoms with van der Waals surface area (Å²) in [6.45, 7) is 2.56. The van der Waals surface area contributed by atoms with Crippen molar-refractivity contribution in [2.75, 3.05) is 5.75 Å². The van der Waals surface area contributed by atoms with Gasteiger partial charge in [-0.25, -0.2) is 0 Å². The summed E-state index contributed by atoms with van der Waals surface area (Å²) in [4.78, 5) is 13.8. The van der Waals surface area contributed by atoms with Gasteiger partial charge in [-0.05, 0) is 35.7 Å². The predicted molar refractivity (Wildman–Crippen MR) is 101 cm³/mol. The van der Waals surface area contributed by atoms with Gasteiger partial charge in [-0.1, -0.05) is 59.8 Å². The summed E-state index contributed by atoms with van der Waals surface area (Å²) in [5.41, 5.74) is 3.18. The summed E-state index contributed by atoms with van der Waals surface area (Å²) in [7, 11) is 0. The Morgan fingerprint density at radius 2 is 1.96 bits per heavy atom. The molecule has 1 saturated heterocycles. The molecule has 3 rings (SSSR count). The number of carbonyl (C=O) groups is 1. The molecular formula is C18H16ClN3OS. The van der Waals surface area contributed by atoms with Gasteiger partial charge in [0.2, 0.25) is 5.91 Å². The van der Waals surface area contributed by atoms with Gasteiger partial charge in [0.05, 0.1) is 18.5 Å². The van der Waals surface area contributed by atoms with E-state index in [-0.39, 0.29) is 5.91 Å². The number of halogens is 1. The smallest absolute Gasteiger partial charge is 0.239 e. The second kappa shape index (κ2) is 7.64. The molecule has 1 heterocycles. The Balaban J connectivity index is 1.75. The molecule has 2 aromatic rings. The average Bonchev–Trinajstić information content (AvgIpc) is 2.92. The van der Waals surface area contributed by atoms with Gasteiger partial charge in [-0.2, -0.15) is 5.10 Å². The number of benzene rings is 2. The molecule has 6 heteroatoms. The summed E-state index contributed by atoms with van der Waals surface area (Å²) in [6, 6.07) is 15.4. The number of thioether (sulfide) groups is 1. The van der Waals surface area contributed by atoms with Crippen molar-refractivity contribution in [3.8, 4) is 0 Å². The molecule has 0 aliphatic carbocycles. The Kier molecular flexibility index (Phi) is 5.33. The molecule has 0 radical (unpaired) electrons. The molecule has 0 bridgehead atoms. The third-order valence-corrected chi connectivity index (χ3v) is 4.87. The van der Waals surface area contributed by atoms with Gasteiger partial charge in [0.15, 0.2) is 5.17 Å². The fourth-order valence-corrected chi connectivity index (χ4v) is 3.24. The summed E-state index contributed by atoms with van der Waals surface area (Å²) >= 11 is 7.27. The zero-order valence-corrected chi connectivity index (χ0v) is 14.7. The van der Waals surface area contributed by atoms with E-state index in [1.807, 2.05) is 43.3 Å². The normalized spacial score (nSPS) is 16.5. The summed E-state index contributed by atoms with van der Waals surface area (Å²) in [6.07, 6.45) is 1.65. The number of nitrogens with zero attached hydrogens (tertiary/aromatic N) is 3. The van der Waals surface area contributed by atoms with E-state index in [0.717, 1.165) is 16.7 Å². The molecule has 122 valence electrons. The van der Waals surface area contributed by atoms with Crippen molar-refractivity contribution in [1.29, 1.82) is 0 Å². The van der Waals surface area contributed by atoms with Crippen LogP contribution in [0.3, 0.4) is 0 Å². The van der Waals surface area contributed by atoms with E-state index in [2.05, 4.69) is 10.2 Å². The third-order valence-electron chi connectivity index (χ3n) is 3.67. The molecule has 0 atom stereocenters. The molecule has 1 amide bonds. The van der Waals surface area contributed by atoms with E-state index in [4.69, 9.17) is 11.6 Å². The Labute approximate surface area is 150 Å². The molecule has 2 aromatic carbocycles. The molecule has 4 nitrogen and oxygen atoms in total. The molecule has 1 fully saturated rings. The first-order valence-corrected chi connectivity index (χ1v) is 8.84. The molecule has 1 aliphatic heterocycles. The average molecular weight is 358 g/mol. The lowest BCUT2D eigenvalue weighted by Crippen LogP contribution is -2.29. The molecule has 1 aliphatic rings. The lowest BCUT2D eigenvalue weighted by molar-refractivity contribution is -0.124. The topological polar surface area (TPSA) is 45.0 Å². The van der Waals surface area contributed by atoms with Crippen molar-refractivity contribution in [3.63, 3.8) is 0 Å². The minimum absolute atomic E-state index is 0.0590. The minimum atomic E-state index is 0.0590. The van der Waals surface area contributed by atoms with Crippen LogP contribution in [-0.4, -0.2) is 27.9 Å². The van der Waals surface area contributed by atoms with Crippen molar-refractivity contribution in [1.82, 2.24) is 4.90 Å². The maximum atomic E-state index is 12.1. The lowest BCUT2D eigenvalue weighted by Gasteiger charge is -2.16. The van der Waals surface area contributed by atoms with Crippen LogP contribution in [0.4, 0.5) is 0 Å². The summed E-state index contributed by atoms with van der Waals surface area (Å²) < 4.78 is 0. The first-order valence-electron chi connectivity index (χ1n) is 7.48. The number of carbonyl (C=O) groups excluding carboxylic acids is 1. The zero-order chi connectivity index (χ0) is 16.9. The molecule has 0 N–H and O–H groups in total. The summed E-state index contributed by atoms with van der Waals surface area (Å²) in [5, 5.41) is 9.64. The molecule has 24 heavy (non-hydrogen) atoms. The van der Waals surface area contributed by atoms with E-state index in [1.165, 1.54) is 11.8 Å². The Hall–Kier alpha value is -2.11. The van der Waals surface area contributed by atoms with Crippen LogP contribution in [0.2, 0.25) is 5.02 Å². The lowest BCUT2D eigenvalue weighted by atomic mass is 10.1. The standard InChI is InChI=1S/C18H16ClN3OS/c1-13-4-2-3-5-15(13)11-22-17(23)12-24-18(22)21-20-10-14-6-8-16(19)9-7-14/h2-10H,11-12H2,1H3/b20-10+,21-18-. The zero-order valence-electron chi connectivity index (χ0n) is 13.1. The second-order valence-electron chi connectivity index (χ2n) is 5.37. The van der Waals surface area contributed by atoms with E-state index < -0.39 is 0 Å². The fourth-order valence-electron chi connectivity index (χ4n) is 2.28. The van der Waals surface area contributed by atoms with E-state index in [0.29, 0.717) is 22.5 Å². The Morgan fingerprint density at radius 1 is 1.21 bits per heavy atom. The number of rotatable bonds is 4. The van der Waals surface area contributed by atoms with Crippen LogP contribution in [0.5, 0.6) is 0 Å². The van der Waals surface area contributed by atoms with Crippen molar-refractivity contribution < 1.29 is 4.79 Å². The maximum Gasteiger partial charge on any atom is 0.239 e. The van der Waals surface area contributed by atoms with Crippen molar-refractivity contribution in [2.24, 2.45) is 10.2 Å². The van der Waals surface area contributed by atoms with E-state index >= 15 is 0 Å². The number of amidine groups is 1. The SMILES string of the molecule is Cc1ccccc1CN1C(=O)CS/C1=N\N=C\c1ccc(Cl)cc1. The maximum absolute atomic E-state index is 12.1. The number of aryl methyl sites for hydroxylation is 1. The quantitative estimate of drug-likeness (QED) is 0.610. The van der Waals surface area contributed by atoms with E-state index in [1.54, 1.807) is 23.2 Å². The Morgan fingerprint density at radius 3 is 2.71 bits per heavy atom. The highest BCUT2D eigenvalue weighted by Crippen LogP contribution is 2.23. The van der Waals surface area contributed by atoms with Gasteiger partial charge < -0.3 is 0 Å². The molecule has 0 saturated carbocycles. The highest BCUT2D eigenvalue weighted by atomic mass is 35.5. The van der Waals surface area contributed by atoms with Gasteiger partial charge >= 0.3 is 0 Å². The molecule has 0 unspecified atom stereocenters. The third kappa shape index (κ3) is 4.04. The van der Waals surface area contributed by atoms with Crippen LogP contribution < -0.4 is 0 Å². The van der Waals surface area contributed by atoms with Crippen molar-refractivity contribution >= 4 is 40.7 Å². The minimum Gasteiger partial charge on any atom is -0.285 e. The first kappa shape index (κ1) is 16.7. The van der Waals surface area contributed by atoms with Gasteiger partial charge in [0, 0.05) is 5.02 Å². The molecule has 0 spiro atoms. The fraction of sp³-hybridized carbons (Fsp3) is 0.167. The van der Waals surface area contributed by atoms with Crippen LogP contribution >= 0.6 is 23.4 Å². The van der Waals surface area contributed by atoms with Crippen molar-refractivity contribution in [3.05, 3.63) is 70.2 Å². The van der Waals surface area contributed by atoms with Crippen LogP contribution in [0.15, 0.2) is 58.7 Å². The second-order valence-corrected chi connectivity index (χ2v) is 6.75. The molecule has 0 aromatic heterocycles. The number of amides is 1. The van der Waals surface area contributed by atoms with Gasteiger partial charge in [0.1, 0.15) is 0 Å². The van der Waals surface area contributed by atoms with Crippen LogP contribution in [0.25, 0.3) is 0 Å². The molecular weight excluding hydrogens is 342 g/mol. The van der Waals surface area contributed by atoms with Gasteiger partial charge in [-0.3, -0.25) is 9.69 Å². The first-order chi connectivity index (χ1) is 11.6. The van der Waals surface area contributed by atoms with Crippen LogP contribution in [0, 0.1) is 6.92 Å². The summed E-state index contributed by atoms with van der Waals surface area (Å²) in [5.74, 6) is 0.463. The predicted octanol–water partition coefficient (Wildman–Crippen LogP) is 4.11. The van der Waals surface area contributed by atoms with Gasteiger partial charge in [-0.15, -0.1) is 5.10 Å². The van der Waals surface area contributed by atoms with E-state index in [9.17, 15) is 4.79 Å².